The summed E-state index contributed by atoms with van der Waals surface area (Å²) in [6.07, 6.45) is 2.64. The molecule has 0 unspecified atom stereocenters. The number of thioether (sulfide) groups is 2. The smallest absolute Gasteiger partial charge is 0.297 e. The van der Waals surface area contributed by atoms with Crippen molar-refractivity contribution in [1.82, 2.24) is 9.55 Å². The van der Waals surface area contributed by atoms with Gasteiger partial charge in [0.15, 0.2) is 0 Å². The number of carbonyl (C=O) groups excluding carboxylic acids is 1. The molecule has 0 saturated carbocycles. The molecule has 1 saturated heterocycles. The number of hydrogen-bond donors (Lipinski definition) is 1. The van der Waals surface area contributed by atoms with E-state index in [1.54, 1.807) is 6.07 Å². The number of furan rings is 1. The molecule has 3 heterocycles. The normalized spacial score (nSPS) is 14.9. The van der Waals surface area contributed by atoms with Crippen LogP contribution in [0, 0.1) is 0 Å². The molecule has 0 radical (unpaired) electrons. The van der Waals surface area contributed by atoms with Gasteiger partial charge in [0.05, 0.1) is 10.9 Å². The predicted molar refractivity (Wildman–Crippen MR) is 123 cm³/mol. The van der Waals surface area contributed by atoms with Crippen LogP contribution >= 0.6 is 23.5 Å². The molecule has 0 bridgehead atoms. The molecule has 30 heavy (non-hydrogen) atoms. The molecule has 1 aliphatic heterocycles. The Morgan fingerprint density at radius 2 is 2.00 bits per heavy atom. The second kappa shape index (κ2) is 8.20. The van der Waals surface area contributed by atoms with Gasteiger partial charge in [-0.15, -0.1) is 23.5 Å². The lowest BCUT2D eigenvalue weighted by Gasteiger charge is -2.21. The molecule has 1 amide bonds. The molecule has 2 aromatic carbocycles. The highest BCUT2D eigenvalue weighted by molar-refractivity contribution is 8.16. The summed E-state index contributed by atoms with van der Waals surface area (Å²) in [6, 6.07) is 15.3. The topological polar surface area (TPSA) is 77.1 Å². The summed E-state index contributed by atoms with van der Waals surface area (Å²) < 4.78 is 7.35. The van der Waals surface area contributed by atoms with Crippen molar-refractivity contribution in [1.29, 1.82) is 0 Å². The van der Waals surface area contributed by atoms with Gasteiger partial charge in [-0.25, -0.2) is 4.98 Å². The van der Waals surface area contributed by atoms with E-state index in [1.807, 2.05) is 59.9 Å². The van der Waals surface area contributed by atoms with E-state index in [-0.39, 0.29) is 23.6 Å². The van der Waals surface area contributed by atoms with Crippen LogP contribution < -0.4 is 10.9 Å². The molecule has 0 spiro atoms. The molecule has 0 aliphatic carbocycles. The van der Waals surface area contributed by atoms with E-state index in [4.69, 9.17) is 4.42 Å². The van der Waals surface area contributed by atoms with Crippen LogP contribution in [0.4, 0.5) is 5.69 Å². The molecule has 8 heteroatoms. The maximum absolute atomic E-state index is 12.8. The maximum atomic E-state index is 12.8. The molecular formula is C22H19N3O3S2. The second-order valence-electron chi connectivity index (χ2n) is 7.05. The Bertz CT molecular complexity index is 1290. The number of nitrogens with one attached hydrogen (secondary N) is 1. The Kier molecular flexibility index (Phi) is 5.26. The van der Waals surface area contributed by atoms with Crippen molar-refractivity contribution in [3.05, 3.63) is 70.8 Å². The van der Waals surface area contributed by atoms with Gasteiger partial charge in [-0.3, -0.25) is 14.2 Å². The summed E-state index contributed by atoms with van der Waals surface area (Å²) in [4.78, 5) is 29.7. The van der Waals surface area contributed by atoms with Crippen molar-refractivity contribution >= 4 is 57.2 Å². The third-order valence-corrected chi connectivity index (χ3v) is 7.95. The highest BCUT2D eigenvalue weighted by atomic mass is 32.2. The van der Waals surface area contributed by atoms with Gasteiger partial charge in [-0.2, -0.15) is 0 Å². The Morgan fingerprint density at radius 1 is 1.17 bits per heavy atom. The molecule has 2 aromatic heterocycles. The number of carbonyl (C=O) groups is 1. The van der Waals surface area contributed by atoms with Crippen LogP contribution in [-0.2, 0) is 11.3 Å². The minimum absolute atomic E-state index is 0.129. The van der Waals surface area contributed by atoms with Crippen molar-refractivity contribution < 1.29 is 9.21 Å². The van der Waals surface area contributed by atoms with Crippen molar-refractivity contribution in [2.45, 2.75) is 17.5 Å². The lowest BCUT2D eigenvalue weighted by atomic mass is 10.2. The Hall–Kier alpha value is -2.71. The van der Waals surface area contributed by atoms with Crippen LogP contribution in [0.15, 0.2) is 64.1 Å². The largest absolute Gasteiger partial charge is 0.448 e. The van der Waals surface area contributed by atoms with Crippen LogP contribution in [-0.4, -0.2) is 27.0 Å². The Labute approximate surface area is 181 Å². The number of fused-ring (bicyclic) bond motifs is 3. The van der Waals surface area contributed by atoms with E-state index in [9.17, 15) is 9.59 Å². The number of rotatable bonds is 4. The number of anilines is 1. The van der Waals surface area contributed by atoms with Crippen LogP contribution in [0.1, 0.15) is 16.6 Å². The van der Waals surface area contributed by atoms with E-state index in [1.165, 1.54) is 22.9 Å². The molecule has 0 atom stereocenters. The second-order valence-corrected chi connectivity index (χ2v) is 9.78. The van der Waals surface area contributed by atoms with E-state index >= 15 is 0 Å². The van der Waals surface area contributed by atoms with Gasteiger partial charge in [0, 0.05) is 11.1 Å². The Morgan fingerprint density at radius 3 is 2.87 bits per heavy atom. The van der Waals surface area contributed by atoms with Crippen LogP contribution in [0.25, 0.3) is 22.1 Å². The number of amides is 1. The zero-order valence-corrected chi connectivity index (χ0v) is 17.7. The molecular weight excluding hydrogens is 418 g/mol. The highest BCUT2D eigenvalue weighted by Crippen LogP contribution is 2.44. The van der Waals surface area contributed by atoms with Gasteiger partial charge in [0.1, 0.15) is 17.6 Å². The average molecular weight is 438 g/mol. The van der Waals surface area contributed by atoms with Gasteiger partial charge in [0.2, 0.25) is 11.5 Å². The molecule has 1 fully saturated rings. The quantitative estimate of drug-likeness (QED) is 0.501. The van der Waals surface area contributed by atoms with Crippen LogP contribution in [0.5, 0.6) is 0 Å². The summed E-state index contributed by atoms with van der Waals surface area (Å²) >= 11 is 3.87. The van der Waals surface area contributed by atoms with E-state index in [2.05, 4.69) is 16.4 Å². The number of hydrogen-bond acceptors (Lipinski definition) is 6. The van der Waals surface area contributed by atoms with E-state index in [0.29, 0.717) is 15.7 Å². The minimum atomic E-state index is -0.366. The summed E-state index contributed by atoms with van der Waals surface area (Å²) in [5.41, 5.74) is 2.85. The minimum Gasteiger partial charge on any atom is -0.448 e. The van der Waals surface area contributed by atoms with Gasteiger partial charge >= 0.3 is 0 Å². The van der Waals surface area contributed by atoms with E-state index < -0.39 is 0 Å². The summed E-state index contributed by atoms with van der Waals surface area (Å²) in [5.74, 6) is 2.04. The van der Waals surface area contributed by atoms with Crippen molar-refractivity contribution in [3.63, 3.8) is 0 Å². The number of nitrogens with zero attached hydrogens (tertiary/aromatic N) is 2. The summed E-state index contributed by atoms with van der Waals surface area (Å²) in [5, 5.41) is 3.68. The van der Waals surface area contributed by atoms with Gasteiger partial charge in [-0.05, 0) is 47.8 Å². The summed E-state index contributed by atoms with van der Waals surface area (Å²) in [7, 11) is 0. The first-order chi connectivity index (χ1) is 14.7. The lowest BCUT2D eigenvalue weighted by Crippen LogP contribution is -2.27. The predicted octanol–water partition coefficient (Wildman–Crippen LogP) is 4.65. The molecule has 5 rings (SSSR count). The highest BCUT2D eigenvalue weighted by Gasteiger charge is 2.18. The van der Waals surface area contributed by atoms with E-state index in [0.717, 1.165) is 22.6 Å². The summed E-state index contributed by atoms with van der Waals surface area (Å²) in [6.45, 7) is -0.129. The van der Waals surface area contributed by atoms with Crippen molar-refractivity contribution in [3.8, 4) is 0 Å². The molecule has 152 valence electrons. The van der Waals surface area contributed by atoms with Gasteiger partial charge in [0.25, 0.3) is 5.56 Å². The first kappa shape index (κ1) is 19.3. The number of para-hydroxylation sites is 1. The standard InChI is InChI=1S/C22H19N3O3S2/c26-18(24-15-6-3-5-14(11-15)22-29-9-4-10-30-22)12-25-13-23-19-16-7-1-2-8-17(16)28-20(19)21(25)27/h1-3,5-8,11,13,22H,4,9-10,12H2,(H,24,26). The van der Waals surface area contributed by atoms with Crippen LogP contribution in [0.2, 0.25) is 0 Å². The fourth-order valence-corrected chi connectivity index (χ4v) is 6.40. The monoisotopic (exact) mass is 437 g/mol. The first-order valence-corrected chi connectivity index (χ1v) is 11.8. The third-order valence-electron chi connectivity index (χ3n) is 4.93. The third kappa shape index (κ3) is 3.73. The first-order valence-electron chi connectivity index (χ1n) is 9.69. The number of benzene rings is 2. The average Bonchev–Trinajstić information content (AvgIpc) is 3.16. The van der Waals surface area contributed by atoms with Crippen molar-refractivity contribution in [2.24, 2.45) is 0 Å². The SMILES string of the molecule is O=C(Cn1cnc2c(oc3ccccc32)c1=O)Nc1cccc(C2SCCCS2)c1. The fraction of sp³-hybridized carbons (Fsp3) is 0.227. The van der Waals surface area contributed by atoms with Gasteiger partial charge in [-0.1, -0.05) is 24.3 Å². The van der Waals surface area contributed by atoms with Gasteiger partial charge < -0.3 is 9.73 Å². The fourth-order valence-electron chi connectivity index (χ4n) is 3.53. The number of aromatic nitrogens is 2. The van der Waals surface area contributed by atoms with Crippen LogP contribution in [0.3, 0.4) is 0 Å². The maximum Gasteiger partial charge on any atom is 0.297 e. The molecule has 1 N–H and O–H groups in total. The molecule has 4 aromatic rings. The molecule has 6 nitrogen and oxygen atoms in total. The zero-order valence-electron chi connectivity index (χ0n) is 16.0. The van der Waals surface area contributed by atoms with Crippen molar-refractivity contribution in [2.75, 3.05) is 16.8 Å². The molecule has 1 aliphatic rings. The lowest BCUT2D eigenvalue weighted by molar-refractivity contribution is -0.116. The Balaban J connectivity index is 1.35. The zero-order chi connectivity index (χ0) is 20.5.